The molecule has 0 radical (unpaired) electrons. The van der Waals surface area contributed by atoms with Crippen LogP contribution in [0.25, 0.3) is 0 Å². The number of aryl methyl sites for hydroxylation is 1. The molecule has 2 aliphatic rings. The molecule has 1 aliphatic carbocycles. The van der Waals surface area contributed by atoms with Crippen LogP contribution >= 0.6 is 0 Å². The molecule has 8 heteroatoms. The number of carbonyl (C=O) groups is 1. The van der Waals surface area contributed by atoms with Crippen molar-refractivity contribution in [1.29, 1.82) is 0 Å². The number of hydrogen-bond acceptors (Lipinski definition) is 7. The molecule has 1 atom stereocenters. The van der Waals surface area contributed by atoms with E-state index in [1.807, 2.05) is 32.8 Å². The van der Waals surface area contributed by atoms with Gasteiger partial charge in [0.15, 0.2) is 0 Å². The number of carbonyl (C=O) groups excluding carboxylic acids is 1. The molecule has 3 rings (SSSR count). The predicted octanol–water partition coefficient (Wildman–Crippen LogP) is 1.78. The summed E-state index contributed by atoms with van der Waals surface area (Å²) < 4.78 is 6.02. The molecule has 1 aromatic rings. The molecule has 1 saturated heterocycles. The minimum atomic E-state index is -0.467. The molecule has 2 heterocycles. The fourth-order valence-corrected chi connectivity index (χ4v) is 4.27. The molecule has 1 saturated carbocycles. The van der Waals surface area contributed by atoms with Crippen molar-refractivity contribution in [3.05, 3.63) is 5.82 Å². The lowest BCUT2D eigenvalue weighted by Gasteiger charge is -2.43. The molecule has 2 fully saturated rings. The molecule has 1 unspecified atom stereocenters. The summed E-state index contributed by atoms with van der Waals surface area (Å²) in [6.07, 6.45) is 2.88. The van der Waals surface area contributed by atoms with Crippen molar-refractivity contribution >= 4 is 17.8 Å². The summed E-state index contributed by atoms with van der Waals surface area (Å²) in [6.45, 7) is 10.8. The van der Waals surface area contributed by atoms with Crippen molar-refractivity contribution in [3.63, 3.8) is 0 Å². The molecule has 0 aromatic carbocycles. The van der Waals surface area contributed by atoms with Gasteiger partial charge in [-0.1, -0.05) is 13.8 Å². The Labute approximate surface area is 168 Å². The number of hydrogen-bond donors (Lipinski definition) is 1. The van der Waals surface area contributed by atoms with E-state index < -0.39 is 5.60 Å². The van der Waals surface area contributed by atoms with Gasteiger partial charge < -0.3 is 19.9 Å². The molecule has 8 nitrogen and oxygen atoms in total. The van der Waals surface area contributed by atoms with Crippen molar-refractivity contribution in [2.45, 2.75) is 52.6 Å². The summed E-state index contributed by atoms with van der Waals surface area (Å²) in [4.78, 5) is 29.8. The standard InChI is InChI=1S/C20H34N6O2/c1-14-22-17(25(5)6)24-18(23-14)26-7-8-28-20(4,13-26)12-21-16(27)9-15-10-19(2,3)11-15/h15H,7-13H2,1-6H3,(H,21,27). The van der Waals surface area contributed by atoms with E-state index in [1.54, 1.807) is 0 Å². The molecule has 28 heavy (non-hydrogen) atoms. The highest BCUT2D eigenvalue weighted by molar-refractivity contribution is 5.76. The third kappa shape index (κ3) is 5.10. The number of morpholine rings is 1. The second kappa shape index (κ2) is 7.81. The quantitative estimate of drug-likeness (QED) is 0.793. The average Bonchev–Trinajstić information content (AvgIpc) is 2.58. The number of ether oxygens (including phenoxy) is 1. The van der Waals surface area contributed by atoms with Gasteiger partial charge in [-0.05, 0) is 38.0 Å². The first kappa shape index (κ1) is 20.8. The highest BCUT2D eigenvalue weighted by Gasteiger charge is 2.38. The van der Waals surface area contributed by atoms with E-state index in [4.69, 9.17) is 4.74 Å². The fraction of sp³-hybridized carbons (Fsp3) is 0.800. The van der Waals surface area contributed by atoms with Crippen molar-refractivity contribution in [2.75, 3.05) is 50.1 Å². The van der Waals surface area contributed by atoms with E-state index >= 15 is 0 Å². The third-order valence-corrected chi connectivity index (χ3v) is 5.56. The summed E-state index contributed by atoms with van der Waals surface area (Å²) in [5.41, 5.74) is -0.0659. The minimum Gasteiger partial charge on any atom is -0.370 e. The molecular formula is C20H34N6O2. The first-order chi connectivity index (χ1) is 13.1. The van der Waals surface area contributed by atoms with Gasteiger partial charge in [-0.15, -0.1) is 0 Å². The topological polar surface area (TPSA) is 83.5 Å². The van der Waals surface area contributed by atoms with Crippen LogP contribution in [-0.4, -0.2) is 66.8 Å². The highest BCUT2D eigenvalue weighted by Crippen LogP contribution is 2.46. The van der Waals surface area contributed by atoms with Gasteiger partial charge >= 0.3 is 0 Å². The van der Waals surface area contributed by atoms with E-state index in [1.165, 1.54) is 0 Å². The average molecular weight is 391 g/mol. The number of nitrogens with one attached hydrogen (secondary N) is 1. The van der Waals surface area contributed by atoms with Crippen molar-refractivity contribution in [3.8, 4) is 0 Å². The van der Waals surface area contributed by atoms with Gasteiger partial charge in [-0.3, -0.25) is 4.79 Å². The van der Waals surface area contributed by atoms with Crippen LogP contribution in [0.3, 0.4) is 0 Å². The highest BCUT2D eigenvalue weighted by atomic mass is 16.5. The summed E-state index contributed by atoms with van der Waals surface area (Å²) in [5, 5.41) is 3.08. The third-order valence-electron chi connectivity index (χ3n) is 5.56. The van der Waals surface area contributed by atoms with Crippen LogP contribution < -0.4 is 15.1 Å². The maximum Gasteiger partial charge on any atom is 0.230 e. The van der Waals surface area contributed by atoms with Crippen LogP contribution in [0.15, 0.2) is 0 Å². The molecule has 1 aliphatic heterocycles. The zero-order valence-corrected chi connectivity index (χ0v) is 18.1. The van der Waals surface area contributed by atoms with Gasteiger partial charge in [0, 0.05) is 33.6 Å². The van der Waals surface area contributed by atoms with E-state index in [2.05, 4.69) is 39.0 Å². The van der Waals surface area contributed by atoms with Crippen LogP contribution in [-0.2, 0) is 9.53 Å². The zero-order chi connectivity index (χ0) is 20.5. The van der Waals surface area contributed by atoms with Crippen LogP contribution in [0.5, 0.6) is 0 Å². The van der Waals surface area contributed by atoms with Gasteiger partial charge in [-0.2, -0.15) is 15.0 Å². The second-order valence-electron chi connectivity index (χ2n) is 9.52. The first-order valence-corrected chi connectivity index (χ1v) is 10.1. The molecule has 1 amide bonds. The van der Waals surface area contributed by atoms with Gasteiger partial charge in [-0.25, -0.2) is 0 Å². The Balaban J connectivity index is 1.57. The Hall–Kier alpha value is -1.96. The van der Waals surface area contributed by atoms with Crippen LogP contribution in [0.4, 0.5) is 11.9 Å². The van der Waals surface area contributed by atoms with Crippen LogP contribution in [0.1, 0.15) is 45.9 Å². The zero-order valence-electron chi connectivity index (χ0n) is 18.1. The Bertz CT molecular complexity index is 715. The minimum absolute atomic E-state index is 0.119. The summed E-state index contributed by atoms with van der Waals surface area (Å²) in [5.74, 6) is 2.64. The molecule has 1 aromatic heterocycles. The Morgan fingerprint density at radius 3 is 2.61 bits per heavy atom. The molecule has 156 valence electrons. The van der Waals surface area contributed by atoms with E-state index in [0.717, 1.165) is 19.4 Å². The van der Waals surface area contributed by atoms with Crippen molar-refractivity contribution in [2.24, 2.45) is 11.3 Å². The normalized spacial score (nSPS) is 24.6. The second-order valence-corrected chi connectivity index (χ2v) is 9.52. The lowest BCUT2D eigenvalue weighted by molar-refractivity contribution is -0.125. The fourth-order valence-electron chi connectivity index (χ4n) is 4.27. The number of nitrogens with zero attached hydrogens (tertiary/aromatic N) is 5. The first-order valence-electron chi connectivity index (χ1n) is 10.1. The molecular weight excluding hydrogens is 356 g/mol. The van der Waals surface area contributed by atoms with Crippen molar-refractivity contribution < 1.29 is 9.53 Å². The number of rotatable bonds is 6. The van der Waals surface area contributed by atoms with Gasteiger partial charge in [0.2, 0.25) is 17.8 Å². The Morgan fingerprint density at radius 1 is 1.25 bits per heavy atom. The van der Waals surface area contributed by atoms with Gasteiger partial charge in [0.1, 0.15) is 11.4 Å². The SMILES string of the molecule is Cc1nc(N(C)C)nc(N2CCOC(C)(CNC(=O)CC3CC(C)(C)C3)C2)n1. The molecule has 1 N–H and O–H groups in total. The number of anilines is 2. The molecule has 0 bridgehead atoms. The van der Waals surface area contributed by atoms with Crippen LogP contribution in [0.2, 0.25) is 0 Å². The molecule has 0 spiro atoms. The maximum atomic E-state index is 12.3. The maximum absolute atomic E-state index is 12.3. The summed E-state index contributed by atoms with van der Waals surface area (Å²) in [6, 6.07) is 0. The van der Waals surface area contributed by atoms with Gasteiger partial charge in [0.25, 0.3) is 0 Å². The largest absolute Gasteiger partial charge is 0.370 e. The monoisotopic (exact) mass is 390 g/mol. The van der Waals surface area contributed by atoms with E-state index in [0.29, 0.717) is 55.2 Å². The van der Waals surface area contributed by atoms with E-state index in [9.17, 15) is 4.79 Å². The van der Waals surface area contributed by atoms with Crippen LogP contribution in [0, 0.1) is 18.3 Å². The Morgan fingerprint density at radius 2 is 1.96 bits per heavy atom. The van der Waals surface area contributed by atoms with Crippen molar-refractivity contribution in [1.82, 2.24) is 20.3 Å². The lowest BCUT2D eigenvalue weighted by atomic mass is 9.63. The van der Waals surface area contributed by atoms with Gasteiger partial charge in [0.05, 0.1) is 13.2 Å². The smallest absolute Gasteiger partial charge is 0.230 e. The lowest BCUT2D eigenvalue weighted by Crippen LogP contribution is -2.56. The summed E-state index contributed by atoms with van der Waals surface area (Å²) >= 11 is 0. The number of amides is 1. The van der Waals surface area contributed by atoms with E-state index in [-0.39, 0.29) is 5.91 Å². The number of aromatic nitrogens is 3. The summed E-state index contributed by atoms with van der Waals surface area (Å²) in [7, 11) is 3.83. The Kier molecular flexibility index (Phi) is 5.79. The predicted molar refractivity (Wildman–Crippen MR) is 110 cm³/mol.